The molecule has 28 heavy (non-hydrogen) atoms. The summed E-state index contributed by atoms with van der Waals surface area (Å²) in [5.41, 5.74) is 4.66. The lowest BCUT2D eigenvalue weighted by Gasteiger charge is -2.20. The number of hydrogen-bond donors (Lipinski definition) is 1. The van der Waals surface area contributed by atoms with E-state index in [9.17, 15) is 0 Å². The van der Waals surface area contributed by atoms with E-state index >= 15 is 0 Å². The third kappa shape index (κ3) is 3.92. The van der Waals surface area contributed by atoms with Gasteiger partial charge in [-0.2, -0.15) is 4.98 Å². The average molecular weight is 388 g/mol. The van der Waals surface area contributed by atoms with Crippen LogP contribution >= 0.6 is 11.8 Å². The Hall–Kier alpha value is -3.12. The molecule has 1 aromatic heterocycles. The molecule has 6 heteroatoms. The van der Waals surface area contributed by atoms with Crippen molar-refractivity contribution < 1.29 is 4.74 Å². The molecule has 0 aliphatic carbocycles. The molecule has 1 aliphatic heterocycles. The Morgan fingerprint density at radius 1 is 1.14 bits per heavy atom. The van der Waals surface area contributed by atoms with Crippen LogP contribution in [0.15, 0.2) is 78.0 Å². The van der Waals surface area contributed by atoms with Crippen molar-refractivity contribution >= 4 is 23.5 Å². The maximum Gasteiger partial charge on any atom is 0.247 e. The van der Waals surface area contributed by atoms with Crippen LogP contribution in [-0.4, -0.2) is 27.2 Å². The molecule has 5 nitrogen and oxygen atoms in total. The van der Waals surface area contributed by atoms with Crippen LogP contribution in [0.3, 0.4) is 0 Å². The molecule has 2 heterocycles. The van der Waals surface area contributed by atoms with E-state index in [2.05, 4.69) is 45.3 Å². The Kier molecular flexibility index (Phi) is 5.39. The topological polar surface area (TPSA) is 59.9 Å². The lowest BCUT2D eigenvalue weighted by Crippen LogP contribution is -2.27. The monoisotopic (exact) mass is 388 g/mol. The summed E-state index contributed by atoms with van der Waals surface area (Å²) in [7, 11) is 0. The number of benzene rings is 2. The van der Waals surface area contributed by atoms with Crippen LogP contribution in [0.5, 0.6) is 5.88 Å². The maximum atomic E-state index is 6.26. The van der Waals surface area contributed by atoms with Crippen molar-refractivity contribution in [2.45, 2.75) is 18.3 Å². The molecule has 1 N–H and O–H groups in total. The number of anilines is 1. The van der Waals surface area contributed by atoms with E-state index in [4.69, 9.17) is 4.74 Å². The summed E-state index contributed by atoms with van der Waals surface area (Å²) >= 11 is 1.48. The third-order valence-corrected chi connectivity index (χ3v) is 5.10. The summed E-state index contributed by atoms with van der Waals surface area (Å²) in [4.78, 5) is 4.60. The average Bonchev–Trinajstić information content (AvgIpc) is 2.89. The maximum absolute atomic E-state index is 6.26. The molecule has 3 aromatic rings. The second-order valence-corrected chi connectivity index (χ2v) is 7.32. The standard InChI is InChI=1S/C22H20N4OS/c1-3-13-28-22-24-21-19(25-26-22)17-11-7-8-12-18(17)23-20(27-21)15(2)14-16-9-5-4-6-10-16/h3-12,14,20,23H,1,13H2,2H3/b15-14+/t20-/m0/s1. The molecule has 0 spiro atoms. The highest BCUT2D eigenvalue weighted by Gasteiger charge is 2.25. The van der Waals surface area contributed by atoms with E-state index < -0.39 is 0 Å². The van der Waals surface area contributed by atoms with Gasteiger partial charge in [0, 0.05) is 17.0 Å². The number of para-hydroxylation sites is 1. The third-order valence-electron chi connectivity index (χ3n) is 4.27. The molecule has 0 fully saturated rings. The van der Waals surface area contributed by atoms with Crippen LogP contribution in [0.1, 0.15) is 12.5 Å². The van der Waals surface area contributed by atoms with Crippen LogP contribution in [-0.2, 0) is 0 Å². The number of aromatic nitrogens is 3. The van der Waals surface area contributed by atoms with Crippen LogP contribution in [0.4, 0.5) is 5.69 Å². The molecule has 4 rings (SSSR count). The largest absolute Gasteiger partial charge is 0.448 e. The first kappa shape index (κ1) is 18.3. The van der Waals surface area contributed by atoms with E-state index in [1.807, 2.05) is 55.5 Å². The number of ether oxygens (including phenoxy) is 1. The van der Waals surface area contributed by atoms with E-state index in [1.54, 1.807) is 0 Å². The highest BCUT2D eigenvalue weighted by atomic mass is 32.2. The second-order valence-electron chi connectivity index (χ2n) is 6.33. The van der Waals surface area contributed by atoms with Gasteiger partial charge in [0.25, 0.3) is 0 Å². The highest BCUT2D eigenvalue weighted by molar-refractivity contribution is 7.99. The number of nitrogens with zero attached hydrogens (tertiary/aromatic N) is 3. The fourth-order valence-corrected chi connectivity index (χ4v) is 3.45. The minimum absolute atomic E-state index is 0.364. The zero-order chi connectivity index (χ0) is 19.3. The summed E-state index contributed by atoms with van der Waals surface area (Å²) in [5.74, 6) is 1.19. The van der Waals surface area contributed by atoms with Crippen molar-refractivity contribution in [1.82, 2.24) is 15.2 Å². The van der Waals surface area contributed by atoms with Crippen molar-refractivity contribution in [2.75, 3.05) is 11.1 Å². The number of fused-ring (bicyclic) bond motifs is 3. The molecule has 0 radical (unpaired) electrons. The predicted octanol–water partition coefficient (Wildman–Crippen LogP) is 5.05. The van der Waals surface area contributed by atoms with Crippen LogP contribution in [0, 0.1) is 0 Å². The predicted molar refractivity (Wildman–Crippen MR) is 114 cm³/mol. The Morgan fingerprint density at radius 2 is 1.93 bits per heavy atom. The molecular formula is C22H20N4OS. The van der Waals surface area contributed by atoms with Crippen LogP contribution < -0.4 is 10.1 Å². The van der Waals surface area contributed by atoms with E-state index in [0.29, 0.717) is 22.5 Å². The number of rotatable bonds is 5. The van der Waals surface area contributed by atoms with Crippen molar-refractivity contribution in [3.63, 3.8) is 0 Å². The minimum Gasteiger partial charge on any atom is -0.448 e. The molecule has 2 aromatic carbocycles. The molecule has 1 aliphatic rings. The lowest BCUT2D eigenvalue weighted by molar-refractivity contribution is 0.255. The van der Waals surface area contributed by atoms with E-state index in [0.717, 1.165) is 22.4 Å². The quantitative estimate of drug-likeness (QED) is 0.487. The van der Waals surface area contributed by atoms with Crippen molar-refractivity contribution in [3.8, 4) is 17.1 Å². The van der Waals surface area contributed by atoms with Gasteiger partial charge >= 0.3 is 0 Å². The van der Waals surface area contributed by atoms with Crippen LogP contribution in [0.2, 0.25) is 0 Å². The molecule has 0 saturated carbocycles. The van der Waals surface area contributed by atoms with Crippen molar-refractivity contribution in [1.29, 1.82) is 0 Å². The first-order valence-electron chi connectivity index (χ1n) is 8.99. The van der Waals surface area contributed by atoms with Gasteiger partial charge in [-0.05, 0) is 24.1 Å². The molecule has 1 atom stereocenters. The van der Waals surface area contributed by atoms with Crippen molar-refractivity contribution in [2.24, 2.45) is 0 Å². The fourth-order valence-electron chi connectivity index (χ4n) is 2.94. The molecule has 0 unspecified atom stereocenters. The van der Waals surface area contributed by atoms with Gasteiger partial charge in [-0.3, -0.25) is 0 Å². The van der Waals surface area contributed by atoms with Gasteiger partial charge in [-0.1, -0.05) is 72.4 Å². The Bertz CT molecular complexity index is 1020. The van der Waals surface area contributed by atoms with Crippen LogP contribution in [0.25, 0.3) is 17.3 Å². The Labute approximate surface area is 168 Å². The van der Waals surface area contributed by atoms with Crippen molar-refractivity contribution in [3.05, 3.63) is 78.4 Å². The lowest BCUT2D eigenvalue weighted by atomic mass is 10.1. The minimum atomic E-state index is -0.364. The van der Waals surface area contributed by atoms with Gasteiger partial charge in [0.05, 0.1) is 0 Å². The highest BCUT2D eigenvalue weighted by Crippen LogP contribution is 2.37. The van der Waals surface area contributed by atoms with Gasteiger partial charge < -0.3 is 10.1 Å². The smallest absolute Gasteiger partial charge is 0.247 e. The molecular weight excluding hydrogens is 368 g/mol. The number of nitrogens with one attached hydrogen (secondary N) is 1. The van der Waals surface area contributed by atoms with Gasteiger partial charge in [0.2, 0.25) is 11.0 Å². The first-order valence-corrected chi connectivity index (χ1v) is 9.97. The summed E-state index contributed by atoms with van der Waals surface area (Å²) in [6.07, 6.45) is 3.55. The molecule has 0 amide bonds. The molecule has 0 bridgehead atoms. The van der Waals surface area contributed by atoms with E-state index in [-0.39, 0.29) is 6.23 Å². The number of hydrogen-bond acceptors (Lipinski definition) is 6. The Balaban J connectivity index is 1.74. The zero-order valence-electron chi connectivity index (χ0n) is 15.5. The fraction of sp³-hybridized carbons (Fsp3) is 0.136. The summed E-state index contributed by atoms with van der Waals surface area (Å²) < 4.78 is 6.26. The normalized spacial score (nSPS) is 15.5. The zero-order valence-corrected chi connectivity index (χ0v) is 16.3. The van der Waals surface area contributed by atoms with Gasteiger partial charge in [0.15, 0.2) is 11.9 Å². The Morgan fingerprint density at radius 3 is 2.75 bits per heavy atom. The second kappa shape index (κ2) is 8.27. The summed E-state index contributed by atoms with van der Waals surface area (Å²) in [6, 6.07) is 18.1. The van der Waals surface area contributed by atoms with Gasteiger partial charge in [-0.15, -0.1) is 16.8 Å². The van der Waals surface area contributed by atoms with Gasteiger partial charge in [-0.25, -0.2) is 0 Å². The molecule has 140 valence electrons. The van der Waals surface area contributed by atoms with E-state index in [1.165, 1.54) is 11.8 Å². The molecule has 0 saturated heterocycles. The number of thioether (sulfide) groups is 1. The summed E-state index contributed by atoms with van der Waals surface area (Å²) in [5, 5.41) is 12.7. The SMILES string of the molecule is C=CCSc1nnc2c(n1)O[C@@H](/C(C)=C/c1ccccc1)Nc1ccccc1-2. The summed E-state index contributed by atoms with van der Waals surface area (Å²) in [6.45, 7) is 5.78. The first-order chi connectivity index (χ1) is 13.7. The van der Waals surface area contributed by atoms with Gasteiger partial charge in [0.1, 0.15) is 0 Å².